The third-order valence-corrected chi connectivity index (χ3v) is 6.87. The fraction of sp³-hybridized carbons (Fsp3) is 0.296. The van der Waals surface area contributed by atoms with Gasteiger partial charge in [0.05, 0.1) is 46.7 Å². The molecule has 1 aromatic heterocycles. The Morgan fingerprint density at radius 3 is 2.59 bits per heavy atom. The van der Waals surface area contributed by atoms with Gasteiger partial charge in [-0.1, -0.05) is 35.1 Å². The molecule has 2 heterocycles. The number of esters is 1. The summed E-state index contributed by atoms with van der Waals surface area (Å²) in [6, 6.07) is 8.27. The van der Waals surface area contributed by atoms with E-state index in [4.69, 9.17) is 25.8 Å². The number of halogens is 2. The van der Waals surface area contributed by atoms with Crippen LogP contribution in [0, 0.1) is 5.82 Å². The third kappa shape index (κ3) is 5.33. The number of ether oxygens (including phenoxy) is 3. The standard InChI is InChI=1S/C27H26ClFN2O5S/c1-6-35-26(33)22-15(4)30-27-31(23(22)17-7-9-18(29)10-8-17)25(32)21(37-27)13-16-11-19(28)24(36-14(2)3)20(12-16)34-5/h7-14,23H,6H2,1-5H3/b21-13-/t23-/m0/s1. The third-order valence-electron chi connectivity index (χ3n) is 5.61. The molecule has 1 aliphatic rings. The Bertz CT molecular complexity index is 1560. The maximum Gasteiger partial charge on any atom is 0.338 e. The predicted molar refractivity (Wildman–Crippen MR) is 141 cm³/mol. The zero-order valence-electron chi connectivity index (χ0n) is 21.0. The molecule has 2 aromatic carbocycles. The summed E-state index contributed by atoms with van der Waals surface area (Å²) in [5.74, 6) is -0.150. The monoisotopic (exact) mass is 544 g/mol. The summed E-state index contributed by atoms with van der Waals surface area (Å²) in [5, 5.41) is 0.344. The lowest BCUT2D eigenvalue weighted by molar-refractivity contribution is -0.139. The van der Waals surface area contributed by atoms with E-state index in [1.54, 1.807) is 44.2 Å². The van der Waals surface area contributed by atoms with Gasteiger partial charge in [-0.25, -0.2) is 14.2 Å². The van der Waals surface area contributed by atoms with Crippen molar-refractivity contribution in [2.75, 3.05) is 13.7 Å². The minimum atomic E-state index is -0.821. The van der Waals surface area contributed by atoms with Gasteiger partial charge in [-0.2, -0.15) is 0 Å². The molecule has 1 aliphatic heterocycles. The Hall–Kier alpha value is -3.43. The number of nitrogens with zero attached hydrogens (tertiary/aromatic N) is 2. The molecule has 37 heavy (non-hydrogen) atoms. The topological polar surface area (TPSA) is 79.1 Å². The van der Waals surface area contributed by atoms with Crippen LogP contribution in [0.1, 0.15) is 44.9 Å². The largest absolute Gasteiger partial charge is 0.493 e. The van der Waals surface area contributed by atoms with Gasteiger partial charge in [0.2, 0.25) is 0 Å². The molecule has 0 saturated carbocycles. The normalized spacial score (nSPS) is 15.5. The van der Waals surface area contributed by atoms with E-state index in [-0.39, 0.29) is 23.8 Å². The van der Waals surface area contributed by atoms with Gasteiger partial charge in [0.15, 0.2) is 16.3 Å². The van der Waals surface area contributed by atoms with Crippen molar-refractivity contribution >= 4 is 35.0 Å². The number of carbonyl (C=O) groups is 1. The molecule has 0 N–H and O–H groups in total. The number of allylic oxidation sites excluding steroid dienone is 1. The molecule has 0 spiro atoms. The number of thiazole rings is 1. The Balaban J connectivity index is 1.91. The first-order chi connectivity index (χ1) is 17.6. The zero-order valence-corrected chi connectivity index (χ0v) is 22.6. The molecule has 0 fully saturated rings. The number of benzene rings is 2. The second-order valence-corrected chi connectivity index (χ2v) is 9.97. The summed E-state index contributed by atoms with van der Waals surface area (Å²) in [6.45, 7) is 7.32. The van der Waals surface area contributed by atoms with Crippen LogP contribution in [-0.2, 0) is 9.53 Å². The van der Waals surface area contributed by atoms with Gasteiger partial charge in [0, 0.05) is 0 Å². The molecule has 7 nitrogen and oxygen atoms in total. The highest BCUT2D eigenvalue weighted by Crippen LogP contribution is 2.37. The number of fused-ring (bicyclic) bond motifs is 1. The molecule has 4 rings (SSSR count). The van der Waals surface area contributed by atoms with Crippen molar-refractivity contribution in [1.29, 1.82) is 0 Å². The summed E-state index contributed by atoms with van der Waals surface area (Å²) < 4.78 is 32.0. The van der Waals surface area contributed by atoms with E-state index in [9.17, 15) is 14.0 Å². The molecule has 0 saturated heterocycles. The van der Waals surface area contributed by atoms with Gasteiger partial charge < -0.3 is 14.2 Å². The van der Waals surface area contributed by atoms with Gasteiger partial charge in [-0.3, -0.25) is 9.36 Å². The van der Waals surface area contributed by atoms with Crippen LogP contribution >= 0.6 is 22.9 Å². The fourth-order valence-electron chi connectivity index (χ4n) is 4.08. The molecule has 0 bridgehead atoms. The average molecular weight is 545 g/mol. The lowest BCUT2D eigenvalue weighted by Gasteiger charge is -2.24. The number of hydrogen-bond acceptors (Lipinski definition) is 7. The average Bonchev–Trinajstić information content (AvgIpc) is 3.14. The SMILES string of the molecule is CCOC(=O)C1=C(C)N=c2s/c(=C\c3cc(Cl)c(OC(C)C)c(OC)c3)c(=O)n2[C@H]1c1ccc(F)cc1. The van der Waals surface area contributed by atoms with E-state index in [0.29, 0.717) is 42.7 Å². The minimum Gasteiger partial charge on any atom is -0.493 e. The minimum absolute atomic E-state index is 0.107. The Morgan fingerprint density at radius 1 is 1.27 bits per heavy atom. The first-order valence-electron chi connectivity index (χ1n) is 11.6. The Kier molecular flexibility index (Phi) is 7.85. The first kappa shape index (κ1) is 26.6. The Labute approximate surface area is 222 Å². The van der Waals surface area contributed by atoms with Crippen molar-refractivity contribution < 1.29 is 23.4 Å². The highest BCUT2D eigenvalue weighted by Gasteiger charge is 2.33. The van der Waals surface area contributed by atoms with Crippen molar-refractivity contribution in [3.05, 3.63) is 89.3 Å². The van der Waals surface area contributed by atoms with Crippen LogP contribution in [-0.4, -0.2) is 30.4 Å². The molecule has 10 heteroatoms. The van der Waals surface area contributed by atoms with E-state index in [1.165, 1.54) is 35.1 Å². The fourth-order valence-corrected chi connectivity index (χ4v) is 5.39. The van der Waals surface area contributed by atoms with Crippen LogP contribution < -0.4 is 24.4 Å². The van der Waals surface area contributed by atoms with E-state index >= 15 is 0 Å². The van der Waals surface area contributed by atoms with Gasteiger partial charge in [-0.15, -0.1) is 0 Å². The second-order valence-electron chi connectivity index (χ2n) is 8.55. The lowest BCUT2D eigenvalue weighted by Crippen LogP contribution is -2.39. The number of methoxy groups -OCH3 is 1. The van der Waals surface area contributed by atoms with E-state index in [1.807, 2.05) is 13.8 Å². The summed E-state index contributed by atoms with van der Waals surface area (Å²) in [5.41, 5.74) is 1.49. The summed E-state index contributed by atoms with van der Waals surface area (Å²) in [6.07, 6.45) is 1.58. The molecule has 3 aromatic rings. The maximum atomic E-state index is 13.7. The molecule has 0 unspecified atom stereocenters. The summed E-state index contributed by atoms with van der Waals surface area (Å²) in [7, 11) is 1.51. The number of aromatic nitrogens is 1. The van der Waals surface area contributed by atoms with Gasteiger partial charge in [0.1, 0.15) is 5.82 Å². The number of hydrogen-bond donors (Lipinski definition) is 0. The highest BCUT2D eigenvalue weighted by atomic mass is 35.5. The van der Waals surface area contributed by atoms with Crippen LogP contribution in [0.2, 0.25) is 5.02 Å². The van der Waals surface area contributed by atoms with Crippen LogP contribution in [0.4, 0.5) is 4.39 Å². The smallest absolute Gasteiger partial charge is 0.338 e. The van der Waals surface area contributed by atoms with Crippen molar-refractivity contribution in [2.45, 2.75) is 39.8 Å². The molecular formula is C27H26ClFN2O5S. The van der Waals surface area contributed by atoms with Gasteiger partial charge >= 0.3 is 5.97 Å². The number of carbonyl (C=O) groups excluding carboxylic acids is 1. The Morgan fingerprint density at radius 2 is 1.97 bits per heavy atom. The first-order valence-corrected chi connectivity index (χ1v) is 12.8. The maximum absolute atomic E-state index is 13.7. The van der Waals surface area contributed by atoms with Crippen molar-refractivity contribution in [3.8, 4) is 11.5 Å². The lowest BCUT2D eigenvalue weighted by atomic mass is 9.96. The molecular weight excluding hydrogens is 519 g/mol. The van der Waals surface area contributed by atoms with Crippen LogP contribution in [0.5, 0.6) is 11.5 Å². The second kappa shape index (κ2) is 10.9. The molecule has 194 valence electrons. The van der Waals surface area contributed by atoms with Crippen molar-refractivity contribution in [1.82, 2.24) is 4.57 Å². The highest BCUT2D eigenvalue weighted by molar-refractivity contribution is 7.07. The van der Waals surface area contributed by atoms with Crippen LogP contribution in [0.3, 0.4) is 0 Å². The zero-order chi connectivity index (χ0) is 26.9. The number of rotatable bonds is 7. The molecule has 0 amide bonds. The van der Waals surface area contributed by atoms with Crippen LogP contribution in [0.25, 0.3) is 6.08 Å². The van der Waals surface area contributed by atoms with E-state index < -0.39 is 17.8 Å². The van der Waals surface area contributed by atoms with Crippen molar-refractivity contribution in [2.24, 2.45) is 4.99 Å². The molecule has 1 atom stereocenters. The van der Waals surface area contributed by atoms with E-state index in [2.05, 4.69) is 4.99 Å². The molecule has 0 aliphatic carbocycles. The van der Waals surface area contributed by atoms with Gasteiger partial charge in [0.25, 0.3) is 5.56 Å². The van der Waals surface area contributed by atoms with Crippen molar-refractivity contribution in [3.63, 3.8) is 0 Å². The quantitative estimate of drug-likeness (QED) is 0.412. The van der Waals surface area contributed by atoms with E-state index in [0.717, 1.165) is 0 Å². The van der Waals surface area contributed by atoms with Gasteiger partial charge in [-0.05, 0) is 69.2 Å². The van der Waals surface area contributed by atoms with Crippen LogP contribution in [0.15, 0.2) is 57.5 Å². The summed E-state index contributed by atoms with van der Waals surface area (Å²) >= 11 is 7.65. The summed E-state index contributed by atoms with van der Waals surface area (Å²) in [4.78, 5) is 31.6. The molecule has 0 radical (unpaired) electrons. The predicted octanol–water partition coefficient (Wildman–Crippen LogP) is 4.39.